The van der Waals surface area contributed by atoms with Crippen molar-refractivity contribution in [3.8, 4) is 23.5 Å². The lowest BCUT2D eigenvalue weighted by Crippen LogP contribution is -2.52. The molecular formula is C35H32F3N3O8. The van der Waals surface area contributed by atoms with Gasteiger partial charge in [0.05, 0.1) is 32.3 Å². The van der Waals surface area contributed by atoms with Crippen molar-refractivity contribution >= 4 is 5.91 Å². The number of rotatable bonds is 10. The van der Waals surface area contributed by atoms with Crippen LogP contribution in [0.5, 0.6) is 11.5 Å². The van der Waals surface area contributed by atoms with E-state index in [4.69, 9.17) is 18.9 Å². The summed E-state index contributed by atoms with van der Waals surface area (Å²) in [5, 5.41) is 13.3. The molecule has 14 heteroatoms. The molecule has 4 aromatic rings. The number of carbonyl (C=O) groups excluding carboxylic acids is 1. The van der Waals surface area contributed by atoms with Gasteiger partial charge >= 0.3 is 17.8 Å². The number of aromatic amines is 1. The number of alkyl halides is 3. The van der Waals surface area contributed by atoms with E-state index in [0.717, 1.165) is 10.6 Å². The smallest absolute Gasteiger partial charge is 0.471 e. The molecular weight excluding hydrogens is 647 g/mol. The lowest BCUT2D eigenvalue weighted by molar-refractivity contribution is -0.173. The molecule has 0 spiro atoms. The van der Waals surface area contributed by atoms with Gasteiger partial charge in [-0.05, 0) is 46.9 Å². The Morgan fingerprint density at radius 2 is 1.53 bits per heavy atom. The van der Waals surface area contributed by atoms with Crippen LogP contribution in [0.25, 0.3) is 0 Å². The van der Waals surface area contributed by atoms with E-state index in [1.54, 1.807) is 66.0 Å². The number of aromatic nitrogens is 2. The average Bonchev–Trinajstić information content (AvgIpc) is 3.48. The standard InChI is InChI=1S/C35H32F3N3O8/c1-46-25-13-9-23(10-14-25)34(22-7-4-3-5-8-22,24-11-15-26(47-2)16-12-24)31(48-20-6-18-39-32(44)35(36,37)38)30-27(42)21-29(49-30)41-19-17-28(43)40-33(41)45/h3-5,7-17,19,27,29-31,42H,18,21H2,1-2H3,(H,39,44)(H,40,43,45)/t27-,29+,30-,31?/m0/s1. The summed E-state index contributed by atoms with van der Waals surface area (Å²) in [5.41, 5.74) is -0.831. The van der Waals surface area contributed by atoms with Gasteiger partial charge in [-0.1, -0.05) is 54.6 Å². The average molecular weight is 680 g/mol. The normalized spacial score (nSPS) is 18.1. The first-order valence-electron chi connectivity index (χ1n) is 15.0. The molecule has 1 saturated heterocycles. The highest BCUT2D eigenvalue weighted by molar-refractivity contribution is 5.81. The zero-order chi connectivity index (χ0) is 35.2. The predicted octanol–water partition coefficient (Wildman–Crippen LogP) is 3.26. The van der Waals surface area contributed by atoms with Gasteiger partial charge in [0.15, 0.2) is 6.10 Å². The van der Waals surface area contributed by atoms with Crippen LogP contribution >= 0.6 is 0 Å². The molecule has 49 heavy (non-hydrogen) atoms. The Balaban J connectivity index is 1.71. The second kappa shape index (κ2) is 14.7. The second-order valence-corrected chi connectivity index (χ2v) is 11.0. The molecule has 4 atom stereocenters. The largest absolute Gasteiger partial charge is 0.497 e. The first-order chi connectivity index (χ1) is 23.5. The van der Waals surface area contributed by atoms with Gasteiger partial charge in [-0.25, -0.2) is 4.79 Å². The Morgan fingerprint density at radius 1 is 0.959 bits per heavy atom. The Hall–Kier alpha value is -5.52. The number of carbonyl (C=O) groups is 1. The number of H-pyrrole nitrogens is 1. The number of nitrogens with zero attached hydrogens (tertiary/aromatic N) is 1. The summed E-state index contributed by atoms with van der Waals surface area (Å²) in [5.74, 6) is 1.33. The van der Waals surface area contributed by atoms with Crippen molar-refractivity contribution in [2.24, 2.45) is 0 Å². The van der Waals surface area contributed by atoms with Crippen LogP contribution in [0.3, 0.4) is 0 Å². The Morgan fingerprint density at radius 3 is 2.06 bits per heavy atom. The van der Waals surface area contributed by atoms with E-state index in [1.165, 1.54) is 20.4 Å². The number of hydrogen-bond acceptors (Lipinski definition) is 8. The summed E-state index contributed by atoms with van der Waals surface area (Å²) in [7, 11) is 3.03. The number of hydrogen-bond donors (Lipinski definition) is 3. The molecule has 3 aromatic carbocycles. The number of nitrogens with one attached hydrogen (secondary N) is 2. The van der Waals surface area contributed by atoms with Crippen molar-refractivity contribution in [2.75, 3.05) is 20.8 Å². The Kier molecular flexibility index (Phi) is 10.5. The molecule has 0 saturated carbocycles. The summed E-state index contributed by atoms with van der Waals surface area (Å²) < 4.78 is 63.0. The molecule has 1 amide bonds. The minimum absolute atomic E-state index is 0.0956. The highest BCUT2D eigenvalue weighted by Gasteiger charge is 2.54. The second-order valence-electron chi connectivity index (χ2n) is 11.0. The maximum atomic E-state index is 12.8. The van der Waals surface area contributed by atoms with Gasteiger partial charge in [0, 0.05) is 18.7 Å². The maximum Gasteiger partial charge on any atom is 0.471 e. The van der Waals surface area contributed by atoms with Crippen molar-refractivity contribution in [1.82, 2.24) is 14.9 Å². The number of aliphatic hydroxyl groups excluding tert-OH is 1. The molecule has 11 nitrogen and oxygen atoms in total. The predicted molar refractivity (Wildman–Crippen MR) is 170 cm³/mol. The third-order valence-corrected chi connectivity index (χ3v) is 8.20. The molecule has 256 valence electrons. The lowest BCUT2D eigenvalue weighted by atomic mass is 9.64. The van der Waals surface area contributed by atoms with Gasteiger partial charge in [0.25, 0.3) is 5.56 Å². The van der Waals surface area contributed by atoms with Crippen molar-refractivity contribution < 1.29 is 42.0 Å². The van der Waals surface area contributed by atoms with E-state index >= 15 is 0 Å². The first kappa shape index (κ1) is 34.8. The number of ether oxygens (including phenoxy) is 4. The summed E-state index contributed by atoms with van der Waals surface area (Å²) in [6.45, 7) is -0.696. The van der Waals surface area contributed by atoms with Crippen molar-refractivity contribution in [2.45, 2.75) is 42.6 Å². The lowest BCUT2D eigenvalue weighted by Gasteiger charge is -2.43. The van der Waals surface area contributed by atoms with Crippen LogP contribution in [-0.2, 0) is 19.7 Å². The van der Waals surface area contributed by atoms with Crippen molar-refractivity contribution in [3.63, 3.8) is 0 Å². The number of aliphatic hydroxyl groups is 1. The third kappa shape index (κ3) is 7.33. The highest BCUT2D eigenvalue weighted by atomic mass is 19.4. The van der Waals surface area contributed by atoms with Crippen molar-refractivity contribution in [3.05, 3.63) is 129 Å². The van der Waals surface area contributed by atoms with Crippen LogP contribution in [0.15, 0.2) is 101 Å². The van der Waals surface area contributed by atoms with E-state index in [9.17, 15) is 32.7 Å². The number of benzene rings is 3. The van der Waals surface area contributed by atoms with Gasteiger partial charge < -0.3 is 29.4 Å². The van der Waals surface area contributed by atoms with Gasteiger partial charge in [-0.15, -0.1) is 0 Å². The topological polar surface area (TPSA) is 141 Å². The summed E-state index contributed by atoms with van der Waals surface area (Å²) in [6.07, 6.45) is -6.33. The fraction of sp³-hybridized carbons (Fsp3) is 0.286. The van der Waals surface area contributed by atoms with Crippen LogP contribution in [0.4, 0.5) is 13.2 Å². The molecule has 2 heterocycles. The van der Waals surface area contributed by atoms with Crippen LogP contribution in [0.2, 0.25) is 0 Å². The Bertz CT molecular complexity index is 1870. The minimum atomic E-state index is -5.10. The number of halogens is 3. The van der Waals surface area contributed by atoms with Crippen molar-refractivity contribution in [1.29, 1.82) is 0 Å². The molecule has 3 N–H and O–H groups in total. The van der Waals surface area contributed by atoms with E-state index in [-0.39, 0.29) is 6.42 Å². The zero-order valence-electron chi connectivity index (χ0n) is 26.3. The molecule has 0 bridgehead atoms. The van der Waals surface area contributed by atoms with E-state index < -0.39 is 59.8 Å². The zero-order valence-corrected chi connectivity index (χ0v) is 26.3. The quantitative estimate of drug-likeness (QED) is 0.172. The fourth-order valence-corrected chi connectivity index (χ4v) is 5.94. The first-order valence-corrected chi connectivity index (χ1v) is 15.0. The third-order valence-electron chi connectivity index (χ3n) is 8.20. The van der Waals surface area contributed by atoms with E-state index in [1.807, 2.05) is 18.2 Å². The summed E-state index contributed by atoms with van der Waals surface area (Å²) >= 11 is 0. The van der Waals surface area contributed by atoms with Crippen LogP contribution in [0.1, 0.15) is 29.3 Å². The van der Waals surface area contributed by atoms with Crippen LogP contribution < -0.4 is 26.0 Å². The summed E-state index contributed by atoms with van der Waals surface area (Å²) in [4.78, 5) is 38.0. The Labute approximate surface area is 278 Å². The highest BCUT2D eigenvalue weighted by Crippen LogP contribution is 2.48. The molecule has 0 aliphatic carbocycles. The fourth-order valence-electron chi connectivity index (χ4n) is 5.94. The van der Waals surface area contributed by atoms with Crippen LogP contribution in [0, 0.1) is 12.0 Å². The monoisotopic (exact) mass is 679 g/mol. The molecule has 1 aliphatic rings. The molecule has 1 aliphatic heterocycles. The minimum Gasteiger partial charge on any atom is -0.497 e. The number of amides is 1. The van der Waals surface area contributed by atoms with Gasteiger partial charge in [0.2, 0.25) is 0 Å². The van der Waals surface area contributed by atoms with E-state index in [0.29, 0.717) is 28.2 Å². The van der Waals surface area contributed by atoms with Gasteiger partial charge in [-0.2, -0.15) is 13.2 Å². The van der Waals surface area contributed by atoms with Gasteiger partial charge in [0.1, 0.15) is 29.9 Å². The summed E-state index contributed by atoms with van der Waals surface area (Å²) in [6, 6.07) is 24.4. The number of methoxy groups -OCH3 is 2. The van der Waals surface area contributed by atoms with Crippen LogP contribution in [-0.4, -0.2) is 65.8 Å². The molecule has 0 radical (unpaired) electrons. The maximum absolute atomic E-state index is 12.8. The SMILES string of the molecule is COc1ccc(C(c2ccccc2)(c2ccc(OC)cc2)C(OC#CCNC(=O)C(F)(F)F)[C@H]2O[C@@H](n3ccc(=O)[nH]c3=O)C[C@@H]2O)cc1. The molecule has 1 unspecified atom stereocenters. The molecule has 1 aromatic heterocycles. The van der Waals surface area contributed by atoms with Gasteiger partial charge in [-0.3, -0.25) is 19.1 Å². The molecule has 5 rings (SSSR count). The van der Waals surface area contributed by atoms with E-state index in [2.05, 4.69) is 17.0 Å². The molecule has 1 fully saturated rings.